The number of benzene rings is 1. The van der Waals surface area contributed by atoms with Gasteiger partial charge < -0.3 is 0 Å². The molecule has 3 rings (SSSR count). The topological polar surface area (TPSA) is 0 Å². The third-order valence-electron chi connectivity index (χ3n) is 2.49. The Bertz CT molecular complexity index is 280. The fourth-order valence-electron chi connectivity index (χ4n) is 1.85. The fraction of sp³-hybridized carbons (Fsp3) is 0.333. The molecule has 0 amide bonds. The zero-order valence-corrected chi connectivity index (χ0v) is 6.67. The van der Waals surface area contributed by atoms with E-state index in [0.717, 1.165) is 21.0 Å². The van der Waals surface area contributed by atoms with Crippen molar-refractivity contribution >= 4 is 14.7 Å². The van der Waals surface area contributed by atoms with Crippen LogP contribution in [0.15, 0.2) is 24.3 Å². The van der Waals surface area contributed by atoms with Gasteiger partial charge >= 0.3 is 0 Å². The first-order chi connectivity index (χ1) is 4.95. The Morgan fingerprint density at radius 1 is 1.30 bits per heavy atom. The van der Waals surface area contributed by atoms with Crippen molar-refractivity contribution in [3.8, 4) is 0 Å². The van der Waals surface area contributed by atoms with Gasteiger partial charge in [-0.3, -0.25) is 0 Å². The monoisotopic (exact) mass is 144 g/mol. The Morgan fingerprint density at radius 2 is 2.20 bits per heavy atom. The molecule has 1 heterocycles. The lowest BCUT2D eigenvalue weighted by Gasteiger charge is -1.98. The Morgan fingerprint density at radius 3 is 3.10 bits per heavy atom. The highest BCUT2D eigenvalue weighted by atomic mass is 28.2. The third-order valence-corrected chi connectivity index (χ3v) is 4.27. The molecule has 1 saturated carbocycles. The van der Waals surface area contributed by atoms with Crippen molar-refractivity contribution in [3.63, 3.8) is 0 Å². The molecule has 1 heteroatoms. The van der Waals surface area contributed by atoms with Crippen molar-refractivity contribution in [2.45, 2.75) is 17.9 Å². The summed E-state index contributed by atoms with van der Waals surface area (Å²) >= 11 is 0. The maximum atomic E-state index is 2.31. The van der Waals surface area contributed by atoms with Crippen LogP contribution in [-0.4, -0.2) is 9.52 Å². The van der Waals surface area contributed by atoms with Gasteiger partial charge in [0.15, 0.2) is 0 Å². The van der Waals surface area contributed by atoms with Gasteiger partial charge in [0.1, 0.15) is 0 Å². The van der Waals surface area contributed by atoms with Gasteiger partial charge in [-0.05, 0) is 23.4 Å². The summed E-state index contributed by atoms with van der Waals surface area (Å²) in [7, 11) is 1.13. The van der Waals surface area contributed by atoms with Crippen LogP contribution in [0.4, 0.5) is 0 Å². The van der Waals surface area contributed by atoms with Crippen molar-refractivity contribution < 1.29 is 0 Å². The maximum Gasteiger partial charge on any atom is 0.0853 e. The second-order valence-electron chi connectivity index (χ2n) is 3.18. The molecule has 0 aromatic heterocycles. The summed E-state index contributed by atoms with van der Waals surface area (Å²) in [5.41, 5.74) is 2.73. The van der Waals surface area contributed by atoms with Crippen LogP contribution in [0.1, 0.15) is 17.9 Å². The number of rotatable bonds is 0. The maximum absolute atomic E-state index is 2.31. The van der Waals surface area contributed by atoms with Crippen molar-refractivity contribution in [1.29, 1.82) is 0 Å². The molecular weight excluding hydrogens is 136 g/mol. The zero-order valence-electron chi connectivity index (χ0n) is 5.67. The summed E-state index contributed by atoms with van der Waals surface area (Å²) in [6, 6.07) is 8.93. The normalized spacial score (nSPS) is 33.2. The molecule has 0 spiro atoms. The average Bonchev–Trinajstić information content (AvgIpc) is 2.64. The molecule has 1 aromatic carbocycles. The molecular formula is C9H8Si. The quantitative estimate of drug-likeness (QED) is 0.482. The van der Waals surface area contributed by atoms with Crippen LogP contribution in [-0.2, 0) is 0 Å². The van der Waals surface area contributed by atoms with E-state index in [2.05, 4.69) is 24.3 Å². The lowest BCUT2D eigenvalue weighted by atomic mass is 10.1. The highest BCUT2D eigenvalue weighted by molar-refractivity contribution is 6.59. The van der Waals surface area contributed by atoms with E-state index in [9.17, 15) is 0 Å². The van der Waals surface area contributed by atoms with Crippen LogP contribution < -0.4 is 5.19 Å². The van der Waals surface area contributed by atoms with Gasteiger partial charge in [-0.1, -0.05) is 29.5 Å². The van der Waals surface area contributed by atoms with Gasteiger partial charge in [-0.25, -0.2) is 0 Å². The van der Waals surface area contributed by atoms with Gasteiger partial charge in [0.25, 0.3) is 0 Å². The van der Waals surface area contributed by atoms with E-state index in [4.69, 9.17) is 0 Å². The second kappa shape index (κ2) is 1.53. The summed E-state index contributed by atoms with van der Waals surface area (Å²) in [6.45, 7) is 0. The van der Waals surface area contributed by atoms with Crippen LogP contribution in [0.25, 0.3) is 0 Å². The first-order valence-corrected chi connectivity index (χ1v) is 4.88. The molecule has 0 N–H and O–H groups in total. The van der Waals surface area contributed by atoms with E-state index in [-0.39, 0.29) is 0 Å². The molecule has 48 valence electrons. The molecule has 2 aliphatic rings. The highest BCUT2D eigenvalue weighted by Gasteiger charge is 2.44. The van der Waals surface area contributed by atoms with Gasteiger partial charge in [-0.15, -0.1) is 0 Å². The minimum Gasteiger partial charge on any atom is -0.0633 e. The molecule has 1 aliphatic carbocycles. The summed E-state index contributed by atoms with van der Waals surface area (Å²) < 4.78 is 0. The predicted molar refractivity (Wildman–Crippen MR) is 42.9 cm³/mol. The standard InChI is InChI=1S/C9H8Si/c1-2-4-8-6(3-1)7-5-9(7)10-8/h1-4,7,9H,5H2. The SMILES string of the molecule is c1ccc2c(c1)[Si]C1CC21. The van der Waals surface area contributed by atoms with E-state index in [0.29, 0.717) is 0 Å². The predicted octanol–water partition coefficient (Wildman–Crippen LogP) is 1.31. The highest BCUT2D eigenvalue weighted by Crippen LogP contribution is 2.55. The van der Waals surface area contributed by atoms with Crippen LogP contribution in [0.3, 0.4) is 0 Å². The average molecular weight is 144 g/mol. The number of hydrogen-bond acceptors (Lipinski definition) is 0. The molecule has 0 saturated heterocycles. The lowest BCUT2D eigenvalue weighted by molar-refractivity contribution is 1.16. The van der Waals surface area contributed by atoms with E-state index < -0.39 is 0 Å². The van der Waals surface area contributed by atoms with E-state index in [1.165, 1.54) is 6.42 Å². The second-order valence-corrected chi connectivity index (χ2v) is 4.75. The van der Waals surface area contributed by atoms with Crippen LogP contribution >= 0.6 is 0 Å². The van der Waals surface area contributed by atoms with Crippen LogP contribution in [0, 0.1) is 0 Å². The van der Waals surface area contributed by atoms with E-state index >= 15 is 0 Å². The van der Waals surface area contributed by atoms with E-state index in [1.54, 1.807) is 10.8 Å². The van der Waals surface area contributed by atoms with Gasteiger partial charge in [0.2, 0.25) is 0 Å². The fourth-order valence-corrected chi connectivity index (χ4v) is 3.63. The van der Waals surface area contributed by atoms with Crippen LogP contribution in [0.2, 0.25) is 5.54 Å². The molecule has 2 atom stereocenters. The van der Waals surface area contributed by atoms with Crippen molar-refractivity contribution in [3.05, 3.63) is 29.8 Å². The molecule has 0 bridgehead atoms. The van der Waals surface area contributed by atoms with Crippen LogP contribution in [0.5, 0.6) is 0 Å². The molecule has 1 aliphatic heterocycles. The smallest absolute Gasteiger partial charge is 0.0633 e. The number of fused-ring (bicyclic) bond motifs is 3. The third kappa shape index (κ3) is 0.516. The lowest BCUT2D eigenvalue weighted by Crippen LogP contribution is -2.12. The van der Waals surface area contributed by atoms with Gasteiger partial charge in [0.05, 0.1) is 9.52 Å². The first kappa shape index (κ1) is 5.14. The molecule has 2 unspecified atom stereocenters. The van der Waals surface area contributed by atoms with E-state index in [1.807, 2.05) is 0 Å². The number of hydrogen-bond donors (Lipinski definition) is 0. The van der Waals surface area contributed by atoms with Gasteiger partial charge in [-0.2, -0.15) is 0 Å². The Kier molecular flexibility index (Phi) is 0.788. The Labute approximate surface area is 63.1 Å². The van der Waals surface area contributed by atoms with Crippen molar-refractivity contribution in [2.24, 2.45) is 0 Å². The molecule has 1 aromatic rings. The van der Waals surface area contributed by atoms with Crippen molar-refractivity contribution in [2.75, 3.05) is 0 Å². The first-order valence-electron chi connectivity index (χ1n) is 3.80. The molecule has 1 fully saturated rings. The van der Waals surface area contributed by atoms with Gasteiger partial charge in [0, 0.05) is 0 Å². The Balaban J connectivity index is 2.22. The summed E-state index contributed by atoms with van der Waals surface area (Å²) in [6.07, 6.45) is 1.48. The minimum atomic E-state index is 0.981. The molecule has 2 radical (unpaired) electrons. The minimum absolute atomic E-state index is 0.981. The Hall–Kier alpha value is -0.563. The molecule has 10 heavy (non-hydrogen) atoms. The summed E-state index contributed by atoms with van der Waals surface area (Å²) in [5.74, 6) is 0.981. The van der Waals surface area contributed by atoms with Crippen molar-refractivity contribution in [1.82, 2.24) is 0 Å². The summed E-state index contributed by atoms with van der Waals surface area (Å²) in [4.78, 5) is 0. The zero-order chi connectivity index (χ0) is 6.55. The summed E-state index contributed by atoms with van der Waals surface area (Å²) in [5, 5.41) is 1.64. The largest absolute Gasteiger partial charge is 0.0853 e. The molecule has 0 nitrogen and oxygen atoms in total.